The van der Waals surface area contributed by atoms with Gasteiger partial charge in [0.15, 0.2) is 5.58 Å². The van der Waals surface area contributed by atoms with Crippen LogP contribution in [0.4, 0.5) is 17.1 Å². The predicted molar refractivity (Wildman–Crippen MR) is 207 cm³/mol. The number of rotatable bonds is 5. The van der Waals surface area contributed by atoms with Crippen LogP contribution in [-0.2, 0) is 0 Å². The molecule has 0 radical (unpaired) electrons. The monoisotopic (exact) mass is 644 g/mol. The Morgan fingerprint density at radius 3 is 2.08 bits per heavy atom. The zero-order chi connectivity index (χ0) is 32.3. The molecule has 3 heterocycles. The molecule has 0 N–H and O–H groups in total. The average Bonchev–Trinajstić information content (AvgIpc) is 3.74. The van der Waals surface area contributed by atoms with Crippen LogP contribution in [0.3, 0.4) is 0 Å². The first-order valence-corrected chi connectivity index (χ1v) is 17.3. The highest BCUT2D eigenvalue weighted by atomic mass is 32.1. The van der Waals surface area contributed by atoms with Crippen LogP contribution in [0.15, 0.2) is 174 Å². The lowest BCUT2D eigenvalue weighted by atomic mass is 9.98. The van der Waals surface area contributed by atoms with Crippen molar-refractivity contribution in [1.29, 1.82) is 0 Å². The highest BCUT2D eigenvalue weighted by Gasteiger charge is 2.17. The molecule has 3 nitrogen and oxygen atoms in total. The second-order valence-corrected chi connectivity index (χ2v) is 13.5. The molecule has 3 aromatic heterocycles. The van der Waals surface area contributed by atoms with Crippen LogP contribution in [0.25, 0.3) is 75.3 Å². The van der Waals surface area contributed by atoms with E-state index in [9.17, 15) is 0 Å². The Morgan fingerprint density at radius 1 is 0.449 bits per heavy atom. The fourth-order valence-electron chi connectivity index (χ4n) is 7.15. The molecule has 49 heavy (non-hydrogen) atoms. The van der Waals surface area contributed by atoms with Gasteiger partial charge in [0.2, 0.25) is 0 Å². The number of fused-ring (bicyclic) bond motifs is 8. The molecular weight excluding hydrogens is 617 g/mol. The Bertz CT molecular complexity index is 2830. The van der Waals surface area contributed by atoms with Crippen LogP contribution in [-0.4, -0.2) is 4.98 Å². The summed E-state index contributed by atoms with van der Waals surface area (Å²) < 4.78 is 8.75. The molecule has 0 spiro atoms. The number of nitrogens with zero attached hydrogens (tertiary/aromatic N) is 2. The van der Waals surface area contributed by atoms with Crippen molar-refractivity contribution in [3.63, 3.8) is 0 Å². The number of anilines is 3. The highest BCUT2D eigenvalue weighted by Crippen LogP contribution is 2.42. The maximum atomic E-state index is 6.15. The molecular formula is C45H28N2OS. The first-order valence-electron chi connectivity index (χ1n) is 16.4. The van der Waals surface area contributed by atoms with Crippen molar-refractivity contribution >= 4 is 81.4 Å². The van der Waals surface area contributed by atoms with Crippen molar-refractivity contribution in [1.82, 2.24) is 4.98 Å². The summed E-state index contributed by atoms with van der Waals surface area (Å²) in [4.78, 5) is 7.04. The molecule has 0 aliphatic carbocycles. The molecule has 0 fully saturated rings. The first-order chi connectivity index (χ1) is 24.3. The second-order valence-electron chi connectivity index (χ2n) is 12.4. The number of benzene rings is 7. The summed E-state index contributed by atoms with van der Waals surface area (Å²) in [6.07, 6.45) is 1.83. The maximum absolute atomic E-state index is 6.15. The third-order valence-corrected chi connectivity index (χ3v) is 10.7. The first kappa shape index (κ1) is 27.8. The van der Waals surface area contributed by atoms with E-state index in [1.54, 1.807) is 0 Å². The van der Waals surface area contributed by atoms with Crippen LogP contribution in [0.1, 0.15) is 0 Å². The van der Waals surface area contributed by atoms with E-state index in [0.717, 1.165) is 55.6 Å². The standard InChI is InChI=1S/C45H28N2OS/c1-2-8-29(9-3-1)32-10-6-11-35(26-32)47(36-22-24-43-39(28-36)37-12-4-5-14-42(37)49-43)34-20-17-30(18-21-34)33-16-15-31-19-23-40-44(38(31)27-33)45-41(48-40)13-7-25-46-45/h1-28H. The lowest BCUT2D eigenvalue weighted by molar-refractivity contribution is 0.668. The molecule has 0 bridgehead atoms. The lowest BCUT2D eigenvalue weighted by Crippen LogP contribution is -2.10. The van der Waals surface area contributed by atoms with E-state index >= 15 is 0 Å². The SMILES string of the molecule is c1ccc(-c2cccc(N(c3ccc(-c4ccc5ccc6oc7cccnc7c6c5c4)cc3)c3ccc4sc5ccccc5c4c3)c2)cc1. The maximum Gasteiger partial charge on any atom is 0.153 e. The van der Waals surface area contributed by atoms with Gasteiger partial charge in [0.25, 0.3) is 0 Å². The number of pyridine rings is 1. The number of thiophene rings is 1. The van der Waals surface area contributed by atoms with Gasteiger partial charge in [-0.25, -0.2) is 0 Å². The van der Waals surface area contributed by atoms with Gasteiger partial charge >= 0.3 is 0 Å². The van der Waals surface area contributed by atoms with Gasteiger partial charge in [-0.05, 0) is 106 Å². The van der Waals surface area contributed by atoms with E-state index in [0.29, 0.717) is 0 Å². The van der Waals surface area contributed by atoms with Crippen LogP contribution in [0.5, 0.6) is 0 Å². The number of hydrogen-bond acceptors (Lipinski definition) is 4. The topological polar surface area (TPSA) is 29.3 Å². The Labute approximate surface area is 286 Å². The normalized spacial score (nSPS) is 11.7. The summed E-state index contributed by atoms with van der Waals surface area (Å²) in [5, 5.41) is 5.95. The summed E-state index contributed by atoms with van der Waals surface area (Å²) in [5.74, 6) is 0. The van der Waals surface area contributed by atoms with Gasteiger partial charge in [-0.1, -0.05) is 91.0 Å². The van der Waals surface area contributed by atoms with Crippen molar-refractivity contribution in [2.45, 2.75) is 0 Å². The number of hydrogen-bond donors (Lipinski definition) is 0. The Morgan fingerprint density at radius 2 is 1.16 bits per heavy atom. The van der Waals surface area contributed by atoms with Crippen LogP contribution in [0, 0.1) is 0 Å². The summed E-state index contributed by atoms with van der Waals surface area (Å²) in [6, 6.07) is 58.6. The highest BCUT2D eigenvalue weighted by molar-refractivity contribution is 7.25. The van der Waals surface area contributed by atoms with Gasteiger partial charge < -0.3 is 9.32 Å². The molecule has 0 saturated heterocycles. The van der Waals surface area contributed by atoms with Gasteiger partial charge in [0, 0.05) is 43.4 Å². The molecule has 10 aromatic rings. The Kier molecular flexibility index (Phi) is 6.36. The summed E-state index contributed by atoms with van der Waals surface area (Å²) >= 11 is 1.85. The lowest BCUT2D eigenvalue weighted by Gasteiger charge is -2.26. The van der Waals surface area contributed by atoms with Crippen molar-refractivity contribution in [2.24, 2.45) is 0 Å². The Balaban J connectivity index is 1.11. The minimum atomic E-state index is 0.810. The summed E-state index contributed by atoms with van der Waals surface area (Å²) in [7, 11) is 0. The molecule has 4 heteroatoms. The van der Waals surface area contributed by atoms with Crippen molar-refractivity contribution in [3.8, 4) is 22.3 Å². The number of furan rings is 1. The quantitative estimate of drug-likeness (QED) is 0.187. The minimum Gasteiger partial charge on any atom is -0.454 e. The molecule has 0 aliphatic rings. The molecule has 0 saturated carbocycles. The molecule has 0 atom stereocenters. The van der Waals surface area contributed by atoms with Gasteiger partial charge in [0.05, 0.1) is 5.39 Å². The smallest absolute Gasteiger partial charge is 0.153 e. The fraction of sp³-hybridized carbons (Fsp3) is 0. The van der Waals surface area contributed by atoms with Gasteiger partial charge in [0.1, 0.15) is 11.1 Å². The third kappa shape index (κ3) is 4.68. The Hall–Kier alpha value is -6.23. The van der Waals surface area contributed by atoms with Gasteiger partial charge in [-0.15, -0.1) is 11.3 Å². The fourth-order valence-corrected chi connectivity index (χ4v) is 8.23. The van der Waals surface area contributed by atoms with Crippen LogP contribution >= 0.6 is 11.3 Å². The largest absolute Gasteiger partial charge is 0.454 e. The zero-order valence-electron chi connectivity index (χ0n) is 26.4. The summed E-state index contributed by atoms with van der Waals surface area (Å²) in [5.41, 5.74) is 10.6. The number of aromatic nitrogens is 1. The van der Waals surface area contributed by atoms with E-state index < -0.39 is 0 Å². The van der Waals surface area contributed by atoms with E-state index in [4.69, 9.17) is 4.42 Å². The van der Waals surface area contributed by atoms with Gasteiger partial charge in [-0.2, -0.15) is 0 Å². The predicted octanol–water partition coefficient (Wildman–Crippen LogP) is 13.3. The zero-order valence-corrected chi connectivity index (χ0v) is 27.2. The average molecular weight is 645 g/mol. The molecule has 0 amide bonds. The third-order valence-electron chi connectivity index (χ3n) is 9.50. The molecule has 0 aliphatic heterocycles. The van der Waals surface area contributed by atoms with Crippen molar-refractivity contribution in [2.75, 3.05) is 4.90 Å². The van der Waals surface area contributed by atoms with Crippen molar-refractivity contribution in [3.05, 3.63) is 170 Å². The molecule has 7 aromatic carbocycles. The van der Waals surface area contributed by atoms with Crippen molar-refractivity contribution < 1.29 is 4.42 Å². The van der Waals surface area contributed by atoms with E-state index in [-0.39, 0.29) is 0 Å². The minimum absolute atomic E-state index is 0.810. The van der Waals surface area contributed by atoms with Gasteiger partial charge in [-0.3, -0.25) is 4.98 Å². The molecule has 10 rings (SSSR count). The van der Waals surface area contributed by atoms with E-state index in [1.807, 2.05) is 35.7 Å². The molecule has 0 unspecified atom stereocenters. The van der Waals surface area contributed by atoms with E-state index in [2.05, 4.69) is 155 Å². The summed E-state index contributed by atoms with van der Waals surface area (Å²) in [6.45, 7) is 0. The second kappa shape index (κ2) is 11.2. The van der Waals surface area contributed by atoms with Crippen LogP contribution < -0.4 is 4.90 Å². The van der Waals surface area contributed by atoms with Crippen LogP contribution in [0.2, 0.25) is 0 Å². The molecule has 230 valence electrons. The van der Waals surface area contributed by atoms with E-state index in [1.165, 1.54) is 36.7 Å².